The van der Waals surface area contributed by atoms with Crippen LogP contribution in [0.2, 0.25) is 0 Å². The Morgan fingerprint density at radius 3 is 2.44 bits per heavy atom. The zero-order valence-corrected chi connectivity index (χ0v) is 19.0. The molecule has 0 atom stereocenters. The minimum Gasteiger partial charge on any atom is -0.494 e. The van der Waals surface area contributed by atoms with Crippen LogP contribution in [0.15, 0.2) is 27.8 Å². The van der Waals surface area contributed by atoms with Gasteiger partial charge in [0, 0.05) is 52.9 Å². The molecule has 3 rings (SSSR count). The number of hydrogen-bond acceptors (Lipinski definition) is 8. The molecule has 1 aromatic heterocycles. The fourth-order valence-electron chi connectivity index (χ4n) is 4.03. The average Bonchev–Trinajstić information content (AvgIpc) is 2.81. The van der Waals surface area contributed by atoms with Gasteiger partial charge < -0.3 is 15.0 Å². The molecule has 174 valence electrons. The predicted octanol–water partition coefficient (Wildman–Crippen LogP) is 0.933. The maximum atomic E-state index is 12.1. The van der Waals surface area contributed by atoms with Crippen molar-refractivity contribution in [2.75, 3.05) is 56.6 Å². The number of benzene rings is 1. The van der Waals surface area contributed by atoms with Crippen LogP contribution in [0.3, 0.4) is 0 Å². The highest BCUT2D eigenvalue weighted by Crippen LogP contribution is 2.32. The summed E-state index contributed by atoms with van der Waals surface area (Å²) in [5.74, 6) is 1.07. The molecular weight excluding hydrogens is 416 g/mol. The van der Waals surface area contributed by atoms with Crippen LogP contribution in [-0.2, 0) is 14.1 Å². The largest absolute Gasteiger partial charge is 0.494 e. The van der Waals surface area contributed by atoms with Crippen molar-refractivity contribution in [3.8, 4) is 5.75 Å². The van der Waals surface area contributed by atoms with E-state index >= 15 is 0 Å². The number of nitrogens with one attached hydrogen (secondary N) is 1. The van der Waals surface area contributed by atoms with Crippen molar-refractivity contribution in [1.82, 2.24) is 14.0 Å². The average molecular weight is 447 g/mol. The Morgan fingerprint density at radius 2 is 1.81 bits per heavy atom. The lowest BCUT2D eigenvalue weighted by atomic mass is 10.2. The van der Waals surface area contributed by atoms with Gasteiger partial charge in [-0.3, -0.25) is 28.9 Å². The predicted molar refractivity (Wildman–Crippen MR) is 123 cm³/mol. The zero-order valence-electron chi connectivity index (χ0n) is 19.0. The van der Waals surface area contributed by atoms with E-state index in [4.69, 9.17) is 4.74 Å². The molecule has 2 aromatic rings. The molecular formula is C21H30N6O5. The SMILES string of the molecule is COc1cc([N+](=O)[O-])ccc1N1CCN(CCCNc2c(C)c(=O)n(C)c(=O)n2C)CC1. The fraction of sp³-hybridized carbons (Fsp3) is 0.524. The summed E-state index contributed by atoms with van der Waals surface area (Å²) < 4.78 is 7.94. The number of hydrogen-bond donors (Lipinski definition) is 1. The van der Waals surface area contributed by atoms with Crippen LogP contribution in [0.4, 0.5) is 17.2 Å². The van der Waals surface area contributed by atoms with Gasteiger partial charge in [0.15, 0.2) is 0 Å². The van der Waals surface area contributed by atoms with E-state index in [9.17, 15) is 19.7 Å². The van der Waals surface area contributed by atoms with Crippen molar-refractivity contribution in [2.45, 2.75) is 13.3 Å². The van der Waals surface area contributed by atoms with E-state index < -0.39 is 4.92 Å². The van der Waals surface area contributed by atoms with Crippen LogP contribution in [-0.4, -0.2) is 65.3 Å². The zero-order chi connectivity index (χ0) is 23.4. The van der Waals surface area contributed by atoms with Gasteiger partial charge in [-0.05, 0) is 26.0 Å². The lowest BCUT2D eigenvalue weighted by molar-refractivity contribution is -0.384. The molecule has 1 aromatic carbocycles. The maximum absolute atomic E-state index is 12.1. The van der Waals surface area contributed by atoms with Crippen LogP contribution in [0.5, 0.6) is 5.75 Å². The molecule has 0 radical (unpaired) electrons. The Balaban J connectivity index is 1.51. The Bertz CT molecular complexity index is 1060. The third-order valence-corrected chi connectivity index (χ3v) is 5.92. The number of methoxy groups -OCH3 is 1. The van der Waals surface area contributed by atoms with Crippen molar-refractivity contribution in [1.29, 1.82) is 0 Å². The monoisotopic (exact) mass is 446 g/mol. The van der Waals surface area contributed by atoms with E-state index in [0.717, 1.165) is 49.4 Å². The quantitative estimate of drug-likeness (QED) is 0.362. The molecule has 11 heteroatoms. The van der Waals surface area contributed by atoms with Gasteiger partial charge in [-0.15, -0.1) is 0 Å². The van der Waals surface area contributed by atoms with E-state index in [-0.39, 0.29) is 16.9 Å². The summed E-state index contributed by atoms with van der Waals surface area (Å²) in [5.41, 5.74) is 0.775. The molecule has 1 saturated heterocycles. The highest BCUT2D eigenvalue weighted by Gasteiger charge is 2.21. The normalized spacial score (nSPS) is 14.4. The standard InChI is InChI=1S/C21H30N6O5/c1-15-19(23(2)21(29)24(3)20(15)28)22-8-5-9-25-10-12-26(13-11-25)17-7-6-16(27(30)31)14-18(17)32-4/h6-7,14,22H,5,8-13H2,1-4H3. The Morgan fingerprint density at radius 1 is 1.12 bits per heavy atom. The minimum absolute atomic E-state index is 0.0146. The summed E-state index contributed by atoms with van der Waals surface area (Å²) in [7, 11) is 4.65. The molecule has 1 aliphatic heterocycles. The highest BCUT2D eigenvalue weighted by atomic mass is 16.6. The first-order valence-corrected chi connectivity index (χ1v) is 10.5. The number of anilines is 2. The van der Waals surface area contributed by atoms with E-state index in [1.807, 2.05) is 0 Å². The molecule has 0 unspecified atom stereocenters. The third-order valence-electron chi connectivity index (χ3n) is 5.92. The number of nitrogens with zero attached hydrogens (tertiary/aromatic N) is 5. The van der Waals surface area contributed by atoms with Gasteiger partial charge in [-0.25, -0.2) is 4.79 Å². The number of nitro benzene ring substituents is 1. The maximum Gasteiger partial charge on any atom is 0.332 e. The molecule has 1 N–H and O–H groups in total. The third kappa shape index (κ3) is 4.77. The van der Waals surface area contributed by atoms with Gasteiger partial charge in [-0.1, -0.05) is 0 Å². The second-order valence-corrected chi connectivity index (χ2v) is 7.90. The van der Waals surface area contributed by atoms with Crippen LogP contribution in [0, 0.1) is 17.0 Å². The lowest BCUT2D eigenvalue weighted by Crippen LogP contribution is -2.47. The van der Waals surface area contributed by atoms with E-state index in [1.54, 1.807) is 20.0 Å². The van der Waals surface area contributed by atoms with Crippen LogP contribution in [0.25, 0.3) is 0 Å². The van der Waals surface area contributed by atoms with Crippen molar-refractivity contribution in [2.24, 2.45) is 14.1 Å². The smallest absolute Gasteiger partial charge is 0.332 e. The summed E-state index contributed by atoms with van der Waals surface area (Å²) in [5, 5.41) is 14.2. The van der Waals surface area contributed by atoms with Crippen molar-refractivity contribution in [3.63, 3.8) is 0 Å². The highest BCUT2D eigenvalue weighted by molar-refractivity contribution is 5.62. The van der Waals surface area contributed by atoms with Gasteiger partial charge in [0.2, 0.25) is 0 Å². The number of non-ortho nitro benzene ring substituents is 1. The second-order valence-electron chi connectivity index (χ2n) is 7.90. The molecule has 1 aliphatic rings. The molecule has 2 heterocycles. The Hall–Kier alpha value is -3.34. The van der Waals surface area contributed by atoms with E-state index in [2.05, 4.69) is 15.1 Å². The first kappa shape index (κ1) is 23.3. The fourth-order valence-corrected chi connectivity index (χ4v) is 4.03. The number of ether oxygens (including phenoxy) is 1. The number of piperazine rings is 1. The topological polar surface area (TPSA) is 115 Å². The minimum atomic E-state index is -0.426. The van der Waals surface area contributed by atoms with Crippen LogP contribution >= 0.6 is 0 Å². The van der Waals surface area contributed by atoms with Gasteiger partial charge in [0.05, 0.1) is 29.4 Å². The molecule has 0 saturated carbocycles. The molecule has 32 heavy (non-hydrogen) atoms. The number of rotatable bonds is 8. The summed E-state index contributed by atoms with van der Waals surface area (Å²) in [6.45, 7) is 6.57. The number of aromatic nitrogens is 2. The number of nitro groups is 1. The second kappa shape index (κ2) is 9.86. The van der Waals surface area contributed by atoms with Gasteiger partial charge in [0.1, 0.15) is 11.6 Å². The van der Waals surface area contributed by atoms with Gasteiger partial charge in [0.25, 0.3) is 11.2 Å². The molecule has 0 amide bonds. The molecule has 0 spiro atoms. The summed E-state index contributed by atoms with van der Waals surface area (Å²) in [6.07, 6.45) is 0.865. The van der Waals surface area contributed by atoms with Crippen molar-refractivity contribution < 1.29 is 9.66 Å². The first-order valence-electron chi connectivity index (χ1n) is 10.5. The van der Waals surface area contributed by atoms with E-state index in [0.29, 0.717) is 23.7 Å². The van der Waals surface area contributed by atoms with Crippen LogP contribution in [0.1, 0.15) is 12.0 Å². The van der Waals surface area contributed by atoms with Crippen molar-refractivity contribution >= 4 is 17.2 Å². The molecule has 0 bridgehead atoms. The summed E-state index contributed by atoms with van der Waals surface area (Å²) in [6, 6.07) is 4.70. The molecule has 0 aliphatic carbocycles. The van der Waals surface area contributed by atoms with E-state index in [1.165, 1.54) is 30.9 Å². The first-order chi connectivity index (χ1) is 15.2. The Kier molecular flexibility index (Phi) is 7.18. The van der Waals surface area contributed by atoms with Crippen molar-refractivity contribution in [3.05, 3.63) is 54.7 Å². The Labute approximate surface area is 186 Å². The van der Waals surface area contributed by atoms with Crippen LogP contribution < -0.4 is 26.2 Å². The lowest BCUT2D eigenvalue weighted by Gasteiger charge is -2.36. The molecule has 1 fully saturated rings. The summed E-state index contributed by atoms with van der Waals surface area (Å²) in [4.78, 5) is 39.4. The summed E-state index contributed by atoms with van der Waals surface area (Å²) >= 11 is 0. The molecule has 11 nitrogen and oxygen atoms in total. The van der Waals surface area contributed by atoms with Gasteiger partial charge in [-0.2, -0.15) is 0 Å². The van der Waals surface area contributed by atoms with Gasteiger partial charge >= 0.3 is 5.69 Å².